The number of rotatable bonds is 23. The van der Waals surface area contributed by atoms with Crippen molar-refractivity contribution in [3.8, 4) is 10.4 Å². The lowest BCUT2D eigenvalue weighted by Gasteiger charge is -2.36. The molecule has 3 aromatic carbocycles. The number of hydrogen-bond donors (Lipinski definition) is 7. The molecule has 15 nitrogen and oxygen atoms in total. The number of aromatic nitrogens is 1. The summed E-state index contributed by atoms with van der Waals surface area (Å²) in [6.45, 7) is 8.62. The topological polar surface area (TPSA) is 203 Å². The van der Waals surface area contributed by atoms with Crippen molar-refractivity contribution in [3.05, 3.63) is 98.0 Å². The van der Waals surface area contributed by atoms with E-state index in [1.54, 1.807) is 32.3 Å². The van der Waals surface area contributed by atoms with E-state index in [-0.39, 0.29) is 56.0 Å². The van der Waals surface area contributed by atoms with Gasteiger partial charge >= 0.3 is 0 Å². The maximum Gasteiger partial charge on any atom is 0.277 e. The highest BCUT2D eigenvalue weighted by Crippen LogP contribution is 2.41. The van der Waals surface area contributed by atoms with Gasteiger partial charge in [-0.1, -0.05) is 51.5 Å². The van der Waals surface area contributed by atoms with Crippen molar-refractivity contribution in [3.63, 3.8) is 0 Å². The maximum absolute atomic E-state index is 14.7. The minimum atomic E-state index is -2.02. The van der Waals surface area contributed by atoms with E-state index < -0.39 is 82.1 Å². The second-order valence-electron chi connectivity index (χ2n) is 18.6. The number of thiazole rings is 1. The minimum Gasteiger partial charge on any atom is -0.391 e. The van der Waals surface area contributed by atoms with E-state index in [9.17, 15) is 46.6 Å². The highest BCUT2D eigenvalue weighted by atomic mass is 127. The van der Waals surface area contributed by atoms with Crippen LogP contribution >= 0.6 is 33.9 Å². The third kappa shape index (κ3) is 14.4. The molecule has 1 saturated carbocycles. The largest absolute Gasteiger partial charge is 0.391 e. The smallest absolute Gasteiger partial charge is 0.277 e. The molecule has 0 spiro atoms. The number of nitrogens with one attached hydrogen (secondary N) is 6. The molecule has 378 valence electrons. The van der Waals surface area contributed by atoms with Crippen LogP contribution in [-0.4, -0.2) is 101 Å². The number of anilines is 2. The standard InChI is InChI=1S/C49H59F4IN8O7S/c1-28-42(70-27-57-28)30-11-9-29(10-12-30)37(59-45(66)38-24-32(63)26-62(38)46(67)43(48(2,3)4)60-47(68)49(53)17-18-49)25-39(64)56-21-7-5-6-19-55-20-8-22-69-61-44(65)33-14-15-34(50)40(52)41(33)58-36-16-13-31(54)23-35(36)51/h9-16,23,27,32,37-38,43,55,58,63H,5-8,17-22,24-26H2,1-4H3,(H,56,64)(H,59,66)(H,60,68)(H,61,65)/t32-,37+,38+,43?/m1/s1. The summed E-state index contributed by atoms with van der Waals surface area (Å²) < 4.78 is 58.5. The number of hydrogen-bond acceptors (Lipinski definition) is 11. The summed E-state index contributed by atoms with van der Waals surface area (Å²) in [7, 11) is 0. The molecule has 4 aromatic rings. The maximum atomic E-state index is 14.7. The molecule has 7 N–H and O–H groups in total. The Balaban J connectivity index is 0.946. The average molecular weight is 1110 g/mol. The van der Waals surface area contributed by atoms with Crippen molar-refractivity contribution in [1.29, 1.82) is 0 Å². The molecule has 2 heterocycles. The quantitative estimate of drug-likeness (QED) is 0.0175. The number of amides is 5. The first kappa shape index (κ1) is 54.1. The lowest BCUT2D eigenvalue weighted by molar-refractivity contribution is -0.145. The highest BCUT2D eigenvalue weighted by Gasteiger charge is 2.53. The Bertz CT molecular complexity index is 2510. The Labute approximate surface area is 421 Å². The van der Waals surface area contributed by atoms with Crippen LogP contribution in [0.4, 0.5) is 28.9 Å². The number of aliphatic hydroxyl groups is 1. The SMILES string of the molecule is Cc1ncsc1-c1ccc([C@H](CC(=O)NCCCCCNCCCONC(=O)c2ccc(F)c(F)c2Nc2ccc(I)cc2F)NC(=O)[C@@H]2C[C@@H](O)CN2C(=O)C(NC(=O)C2(F)CC2)C(C)(C)C)cc1. The zero-order chi connectivity index (χ0) is 50.8. The summed E-state index contributed by atoms with van der Waals surface area (Å²) >= 11 is 3.40. The normalized spacial score (nSPS) is 17.1. The van der Waals surface area contributed by atoms with Gasteiger partial charge in [-0.25, -0.2) is 28.0 Å². The summed E-state index contributed by atoms with van der Waals surface area (Å²) in [5.74, 6) is -6.51. The van der Waals surface area contributed by atoms with Gasteiger partial charge in [0, 0.05) is 23.1 Å². The molecule has 21 heteroatoms. The van der Waals surface area contributed by atoms with Crippen molar-refractivity contribution in [1.82, 2.24) is 36.6 Å². The Morgan fingerprint density at radius 3 is 2.33 bits per heavy atom. The number of carbonyl (C=O) groups excluding carboxylic acids is 5. The van der Waals surface area contributed by atoms with Gasteiger partial charge in [0.1, 0.15) is 17.9 Å². The Kier molecular flexibility index (Phi) is 18.8. The number of halogens is 5. The monoisotopic (exact) mass is 1110 g/mol. The summed E-state index contributed by atoms with van der Waals surface area (Å²) in [6, 6.07) is 10.3. The van der Waals surface area contributed by atoms with E-state index >= 15 is 0 Å². The summed E-state index contributed by atoms with van der Waals surface area (Å²) in [5, 5.41) is 24.9. The Morgan fingerprint density at radius 2 is 1.66 bits per heavy atom. The predicted octanol–water partition coefficient (Wildman–Crippen LogP) is 7.05. The van der Waals surface area contributed by atoms with Gasteiger partial charge < -0.3 is 36.6 Å². The predicted molar refractivity (Wildman–Crippen MR) is 265 cm³/mol. The summed E-state index contributed by atoms with van der Waals surface area (Å²) in [4.78, 5) is 78.9. The van der Waals surface area contributed by atoms with Crippen molar-refractivity contribution in [2.45, 2.75) is 109 Å². The molecule has 70 heavy (non-hydrogen) atoms. The molecule has 1 unspecified atom stereocenters. The number of aliphatic hydroxyl groups excluding tert-OH is 1. The number of alkyl halides is 1. The molecule has 0 bridgehead atoms. The van der Waals surface area contributed by atoms with E-state index in [4.69, 9.17) is 4.84 Å². The lowest BCUT2D eigenvalue weighted by atomic mass is 9.85. The molecule has 2 aliphatic rings. The average Bonchev–Trinajstić information content (AvgIpc) is 3.72. The molecule has 6 rings (SSSR count). The van der Waals surface area contributed by atoms with E-state index in [1.165, 1.54) is 28.4 Å². The molecule has 1 saturated heterocycles. The molecule has 1 aliphatic heterocycles. The van der Waals surface area contributed by atoms with Crippen LogP contribution in [0.25, 0.3) is 10.4 Å². The van der Waals surface area contributed by atoms with Crippen molar-refractivity contribution in [2.75, 3.05) is 38.1 Å². The van der Waals surface area contributed by atoms with Gasteiger partial charge in [0.15, 0.2) is 17.3 Å². The lowest BCUT2D eigenvalue weighted by Crippen LogP contribution is -2.59. The third-order valence-corrected chi connectivity index (χ3v) is 13.7. The first-order valence-corrected chi connectivity index (χ1v) is 25.1. The van der Waals surface area contributed by atoms with Gasteiger partial charge in [-0.15, -0.1) is 11.3 Å². The Morgan fingerprint density at radius 1 is 0.943 bits per heavy atom. The fourth-order valence-corrected chi connectivity index (χ4v) is 9.14. The van der Waals surface area contributed by atoms with Gasteiger partial charge in [-0.3, -0.25) is 28.8 Å². The van der Waals surface area contributed by atoms with Gasteiger partial charge in [-0.2, -0.15) is 0 Å². The van der Waals surface area contributed by atoms with Crippen LogP contribution in [0, 0.1) is 33.4 Å². The summed E-state index contributed by atoms with van der Waals surface area (Å²) in [6.07, 6.45) is 1.67. The number of unbranched alkanes of at least 4 members (excludes halogenated alkanes) is 2. The molecule has 0 radical (unpaired) electrons. The summed E-state index contributed by atoms with van der Waals surface area (Å²) in [5.41, 5.74) is 2.57. The van der Waals surface area contributed by atoms with E-state index in [1.807, 2.05) is 53.8 Å². The van der Waals surface area contributed by atoms with Gasteiger partial charge in [-0.05, 0) is 122 Å². The van der Waals surface area contributed by atoms with E-state index in [0.717, 1.165) is 41.1 Å². The molecule has 5 amide bonds. The van der Waals surface area contributed by atoms with E-state index in [0.29, 0.717) is 41.6 Å². The first-order valence-electron chi connectivity index (χ1n) is 23.1. The van der Waals surface area contributed by atoms with Crippen molar-refractivity contribution >= 4 is 74.8 Å². The van der Waals surface area contributed by atoms with Crippen molar-refractivity contribution in [2.24, 2.45) is 5.41 Å². The molecular weight excluding hydrogens is 1050 g/mol. The van der Waals surface area contributed by atoms with Crippen molar-refractivity contribution < 1.29 is 51.5 Å². The van der Waals surface area contributed by atoms with Crippen LogP contribution in [-0.2, 0) is 24.0 Å². The number of β-amino-alcohol motifs (C(OH)–C–C–N with tert-alkyl or cyclic N) is 1. The van der Waals surface area contributed by atoms with Crippen LogP contribution < -0.4 is 32.1 Å². The zero-order valence-corrected chi connectivity index (χ0v) is 42.3. The van der Waals surface area contributed by atoms with Crippen LogP contribution in [0.5, 0.6) is 0 Å². The van der Waals surface area contributed by atoms with Crippen LogP contribution in [0.1, 0.15) is 99.8 Å². The van der Waals surface area contributed by atoms with E-state index in [2.05, 4.69) is 37.0 Å². The zero-order valence-electron chi connectivity index (χ0n) is 39.4. The second-order valence-corrected chi connectivity index (χ2v) is 20.7. The number of benzene rings is 3. The fraction of sp³-hybridized carbons (Fsp3) is 0.469. The molecule has 4 atom stereocenters. The number of hydroxylamine groups is 1. The van der Waals surface area contributed by atoms with Crippen LogP contribution in [0.3, 0.4) is 0 Å². The van der Waals surface area contributed by atoms with Crippen LogP contribution in [0.2, 0.25) is 0 Å². The first-order chi connectivity index (χ1) is 33.2. The minimum absolute atomic E-state index is 0.0668. The Hall–Kier alpha value is -5.23. The van der Waals surface area contributed by atoms with Crippen LogP contribution in [0.15, 0.2) is 60.1 Å². The third-order valence-electron chi connectivity index (χ3n) is 12.0. The number of nitrogens with zero attached hydrogens (tertiary/aromatic N) is 2. The molecular formula is C49H59F4IN8O7S. The van der Waals surface area contributed by atoms with Gasteiger partial charge in [0.05, 0.1) is 58.2 Å². The molecule has 2 fully saturated rings. The van der Waals surface area contributed by atoms with Gasteiger partial charge in [0.2, 0.25) is 17.7 Å². The second kappa shape index (κ2) is 24.3. The van der Waals surface area contributed by atoms with Gasteiger partial charge in [0.25, 0.3) is 11.8 Å². The number of aryl methyl sites for hydroxylation is 1. The number of likely N-dealkylation sites (tertiary alicyclic amines) is 1. The fourth-order valence-electron chi connectivity index (χ4n) is 7.87. The molecule has 1 aromatic heterocycles. The number of carbonyl (C=O) groups is 5. The highest BCUT2D eigenvalue weighted by molar-refractivity contribution is 14.1. The molecule has 1 aliphatic carbocycles.